The first-order valence-corrected chi connectivity index (χ1v) is 7.95. The molecule has 2 aromatic carbocycles. The second kappa shape index (κ2) is 7.93. The van der Waals surface area contributed by atoms with Crippen molar-refractivity contribution in [3.63, 3.8) is 0 Å². The second-order valence-electron chi connectivity index (χ2n) is 5.64. The van der Waals surface area contributed by atoms with Gasteiger partial charge in [-0.25, -0.2) is 0 Å². The Hall–Kier alpha value is -3.40. The van der Waals surface area contributed by atoms with Crippen LogP contribution in [0.4, 0.5) is 5.69 Å². The highest BCUT2D eigenvalue weighted by Gasteiger charge is 2.00. The molecule has 0 aliphatic heterocycles. The summed E-state index contributed by atoms with van der Waals surface area (Å²) < 4.78 is 0. The number of nitrogens with zero attached hydrogens (tertiary/aromatic N) is 1. The van der Waals surface area contributed by atoms with E-state index in [0.29, 0.717) is 0 Å². The van der Waals surface area contributed by atoms with Crippen molar-refractivity contribution in [2.24, 2.45) is 0 Å². The monoisotopic (exact) mass is 330 g/mol. The van der Waals surface area contributed by atoms with E-state index in [1.54, 1.807) is 42.7 Å². The highest BCUT2D eigenvalue weighted by molar-refractivity contribution is 6.01. The molecular weight excluding hydrogens is 312 g/mol. The third-order valence-corrected chi connectivity index (χ3v) is 3.70. The molecule has 0 aliphatic rings. The summed E-state index contributed by atoms with van der Waals surface area (Å²) in [5, 5.41) is 12.1. The molecule has 4 nitrogen and oxygen atoms in total. The van der Waals surface area contributed by atoms with Crippen molar-refractivity contribution in [1.82, 2.24) is 4.98 Å². The SMILES string of the molecule is O=C(/C=C/c1ccc(O)cc1)Nc1ccc(Cc2ccncc2)cc1. The molecule has 0 saturated heterocycles. The molecule has 0 radical (unpaired) electrons. The van der Waals surface area contributed by atoms with Crippen molar-refractivity contribution in [2.75, 3.05) is 5.32 Å². The maximum absolute atomic E-state index is 12.0. The van der Waals surface area contributed by atoms with E-state index >= 15 is 0 Å². The van der Waals surface area contributed by atoms with Crippen LogP contribution in [0, 0.1) is 0 Å². The molecule has 0 atom stereocenters. The average Bonchev–Trinajstić information content (AvgIpc) is 2.64. The van der Waals surface area contributed by atoms with Gasteiger partial charge in [0.1, 0.15) is 5.75 Å². The Morgan fingerprint density at radius 3 is 2.24 bits per heavy atom. The van der Waals surface area contributed by atoms with Crippen molar-refractivity contribution in [1.29, 1.82) is 0 Å². The fourth-order valence-corrected chi connectivity index (χ4v) is 2.38. The van der Waals surface area contributed by atoms with Crippen molar-refractivity contribution < 1.29 is 9.90 Å². The number of phenols is 1. The van der Waals surface area contributed by atoms with Gasteiger partial charge in [-0.1, -0.05) is 24.3 Å². The lowest BCUT2D eigenvalue weighted by Gasteiger charge is -2.05. The highest BCUT2D eigenvalue weighted by Crippen LogP contribution is 2.14. The first-order chi connectivity index (χ1) is 12.2. The van der Waals surface area contributed by atoms with Crippen molar-refractivity contribution in [2.45, 2.75) is 6.42 Å². The Bertz CT molecular complexity index is 855. The minimum absolute atomic E-state index is 0.199. The van der Waals surface area contributed by atoms with Crippen LogP contribution in [0.2, 0.25) is 0 Å². The van der Waals surface area contributed by atoms with Gasteiger partial charge in [-0.2, -0.15) is 0 Å². The largest absolute Gasteiger partial charge is 0.508 e. The zero-order chi connectivity index (χ0) is 17.5. The smallest absolute Gasteiger partial charge is 0.248 e. The molecule has 0 unspecified atom stereocenters. The Morgan fingerprint density at radius 1 is 0.920 bits per heavy atom. The predicted molar refractivity (Wildman–Crippen MR) is 99.3 cm³/mol. The summed E-state index contributed by atoms with van der Waals surface area (Å²) in [6, 6.07) is 18.4. The van der Waals surface area contributed by atoms with E-state index in [9.17, 15) is 9.90 Å². The molecule has 3 rings (SSSR count). The molecule has 0 spiro atoms. The molecule has 1 amide bonds. The third kappa shape index (κ3) is 5.04. The van der Waals surface area contributed by atoms with Gasteiger partial charge in [-0.3, -0.25) is 9.78 Å². The fraction of sp³-hybridized carbons (Fsp3) is 0.0476. The van der Waals surface area contributed by atoms with Crippen LogP contribution < -0.4 is 5.32 Å². The van der Waals surface area contributed by atoms with Gasteiger partial charge >= 0.3 is 0 Å². The number of hydrogen-bond acceptors (Lipinski definition) is 3. The van der Waals surface area contributed by atoms with Crippen LogP contribution in [0.1, 0.15) is 16.7 Å². The third-order valence-electron chi connectivity index (χ3n) is 3.70. The molecule has 0 aliphatic carbocycles. The molecule has 2 N–H and O–H groups in total. The summed E-state index contributed by atoms with van der Waals surface area (Å²) in [5.41, 5.74) is 3.96. The van der Waals surface area contributed by atoms with Gasteiger partial charge in [0.25, 0.3) is 0 Å². The number of benzene rings is 2. The van der Waals surface area contributed by atoms with E-state index in [2.05, 4.69) is 10.3 Å². The molecule has 0 fully saturated rings. The lowest BCUT2D eigenvalue weighted by Crippen LogP contribution is -2.07. The maximum Gasteiger partial charge on any atom is 0.248 e. The number of aromatic hydroxyl groups is 1. The number of pyridine rings is 1. The summed E-state index contributed by atoms with van der Waals surface area (Å²) in [4.78, 5) is 16.0. The van der Waals surface area contributed by atoms with E-state index in [-0.39, 0.29) is 11.7 Å². The van der Waals surface area contributed by atoms with Crippen LogP contribution >= 0.6 is 0 Å². The van der Waals surface area contributed by atoms with Crippen molar-refractivity contribution >= 4 is 17.7 Å². The Balaban J connectivity index is 1.57. The molecule has 0 saturated carbocycles. The van der Waals surface area contributed by atoms with Crippen LogP contribution in [0.15, 0.2) is 79.1 Å². The molecule has 1 heterocycles. The topological polar surface area (TPSA) is 62.2 Å². The number of rotatable bonds is 5. The standard InChI is InChI=1S/C21H18N2O2/c24-20-8-3-16(4-9-20)5-10-21(25)23-19-6-1-17(2-7-19)15-18-11-13-22-14-12-18/h1-14,24H,15H2,(H,23,25)/b10-5+. The molecule has 3 aromatic rings. The maximum atomic E-state index is 12.0. The quantitative estimate of drug-likeness (QED) is 0.694. The molecule has 0 bridgehead atoms. The van der Waals surface area contributed by atoms with Crippen molar-refractivity contribution in [3.05, 3.63) is 95.8 Å². The number of anilines is 1. The zero-order valence-electron chi connectivity index (χ0n) is 13.6. The first kappa shape index (κ1) is 16.5. The molecular formula is C21H18N2O2. The van der Waals surface area contributed by atoms with E-state index in [1.807, 2.05) is 36.4 Å². The van der Waals surface area contributed by atoms with E-state index in [4.69, 9.17) is 0 Å². The lowest BCUT2D eigenvalue weighted by molar-refractivity contribution is -0.111. The molecule has 25 heavy (non-hydrogen) atoms. The summed E-state index contributed by atoms with van der Waals surface area (Å²) in [7, 11) is 0. The van der Waals surface area contributed by atoms with Crippen molar-refractivity contribution in [3.8, 4) is 5.75 Å². The number of hydrogen-bond donors (Lipinski definition) is 2. The van der Waals surface area contributed by atoms with Gasteiger partial charge < -0.3 is 10.4 Å². The molecule has 124 valence electrons. The van der Waals surface area contributed by atoms with E-state index in [0.717, 1.165) is 17.7 Å². The Labute approximate surface area is 146 Å². The highest BCUT2D eigenvalue weighted by atomic mass is 16.3. The number of aromatic nitrogens is 1. The van der Waals surface area contributed by atoms with Crippen LogP contribution in [0.25, 0.3) is 6.08 Å². The van der Waals surface area contributed by atoms with Gasteiger partial charge in [0.05, 0.1) is 0 Å². The van der Waals surface area contributed by atoms with E-state index < -0.39 is 0 Å². The van der Waals surface area contributed by atoms with Gasteiger partial charge in [0, 0.05) is 24.2 Å². The summed E-state index contributed by atoms with van der Waals surface area (Å²) >= 11 is 0. The minimum Gasteiger partial charge on any atom is -0.508 e. The minimum atomic E-state index is -0.199. The lowest BCUT2D eigenvalue weighted by atomic mass is 10.1. The average molecular weight is 330 g/mol. The predicted octanol–water partition coefficient (Wildman–Crippen LogP) is 4.03. The van der Waals surface area contributed by atoms with Crippen LogP contribution in [0.5, 0.6) is 5.75 Å². The fourth-order valence-electron chi connectivity index (χ4n) is 2.38. The number of carbonyl (C=O) groups excluding carboxylic acids is 1. The second-order valence-corrected chi connectivity index (χ2v) is 5.64. The summed E-state index contributed by atoms with van der Waals surface area (Å²) in [6.07, 6.45) is 7.57. The van der Waals surface area contributed by atoms with Gasteiger partial charge in [-0.05, 0) is 65.6 Å². The normalized spacial score (nSPS) is 10.7. The van der Waals surface area contributed by atoms with Crippen LogP contribution in [-0.4, -0.2) is 16.0 Å². The van der Waals surface area contributed by atoms with Crippen LogP contribution in [-0.2, 0) is 11.2 Å². The Kier molecular flexibility index (Phi) is 5.22. The number of amides is 1. The van der Waals surface area contributed by atoms with E-state index in [1.165, 1.54) is 17.2 Å². The molecule has 4 heteroatoms. The number of nitrogens with one attached hydrogen (secondary N) is 1. The van der Waals surface area contributed by atoms with Gasteiger partial charge in [0.15, 0.2) is 0 Å². The van der Waals surface area contributed by atoms with Gasteiger partial charge in [-0.15, -0.1) is 0 Å². The number of carbonyl (C=O) groups is 1. The zero-order valence-corrected chi connectivity index (χ0v) is 13.6. The first-order valence-electron chi connectivity index (χ1n) is 7.95. The number of phenolic OH excluding ortho intramolecular Hbond substituents is 1. The summed E-state index contributed by atoms with van der Waals surface area (Å²) in [5.74, 6) is 0.00316. The molecule has 1 aromatic heterocycles. The Morgan fingerprint density at radius 2 is 1.56 bits per heavy atom. The summed E-state index contributed by atoms with van der Waals surface area (Å²) in [6.45, 7) is 0. The van der Waals surface area contributed by atoms with Crippen LogP contribution in [0.3, 0.4) is 0 Å². The van der Waals surface area contributed by atoms with Gasteiger partial charge in [0.2, 0.25) is 5.91 Å².